The van der Waals surface area contributed by atoms with Gasteiger partial charge in [0.15, 0.2) is 9.84 Å². The summed E-state index contributed by atoms with van der Waals surface area (Å²) in [4.78, 5) is 21.8. The highest BCUT2D eigenvalue weighted by Crippen LogP contribution is 2.21. The molecule has 1 amide bonds. The van der Waals surface area contributed by atoms with Crippen LogP contribution in [-0.4, -0.2) is 37.0 Å². The smallest absolute Gasteiger partial charge is 0.270 e. The van der Waals surface area contributed by atoms with Gasteiger partial charge in [-0.25, -0.2) is 13.8 Å². The number of nitro groups is 1. The lowest BCUT2D eigenvalue weighted by atomic mass is 10.1. The second-order valence-corrected chi connectivity index (χ2v) is 7.35. The van der Waals surface area contributed by atoms with Gasteiger partial charge in [-0.05, 0) is 12.3 Å². The van der Waals surface area contributed by atoms with Gasteiger partial charge in [-0.15, -0.1) is 0 Å². The Kier molecular flexibility index (Phi) is 4.86. The molecule has 9 heteroatoms. The molecule has 1 fully saturated rings. The van der Waals surface area contributed by atoms with E-state index in [1.54, 1.807) is 6.07 Å². The fourth-order valence-corrected chi connectivity index (χ4v) is 4.10. The summed E-state index contributed by atoms with van der Waals surface area (Å²) < 4.78 is 22.6. The number of nitro benzene ring substituents is 1. The highest BCUT2D eigenvalue weighted by Gasteiger charge is 2.29. The van der Waals surface area contributed by atoms with Crippen molar-refractivity contribution in [3.63, 3.8) is 0 Å². The second kappa shape index (κ2) is 6.65. The Hall–Kier alpha value is -2.29. The van der Waals surface area contributed by atoms with Gasteiger partial charge in [0.05, 0.1) is 22.6 Å². The number of non-ortho nitro benzene ring substituents is 1. The topological polar surface area (TPSA) is 119 Å². The summed E-state index contributed by atoms with van der Waals surface area (Å²) in [6.07, 6.45) is 1.89. The molecule has 1 heterocycles. The van der Waals surface area contributed by atoms with Gasteiger partial charge >= 0.3 is 0 Å². The molecule has 118 valence electrons. The maximum atomic E-state index is 11.6. The third kappa shape index (κ3) is 4.62. The number of rotatable bonds is 5. The normalized spacial score (nSPS) is 20.1. The molecule has 8 nitrogen and oxygen atoms in total. The van der Waals surface area contributed by atoms with Crippen LogP contribution in [0.25, 0.3) is 0 Å². The highest BCUT2D eigenvalue weighted by atomic mass is 32.2. The van der Waals surface area contributed by atoms with Crippen molar-refractivity contribution in [1.82, 2.24) is 5.43 Å². The highest BCUT2D eigenvalue weighted by molar-refractivity contribution is 7.91. The fraction of sp³-hybridized carbons (Fsp3) is 0.385. The largest absolute Gasteiger partial charge is 0.273 e. The lowest BCUT2D eigenvalue weighted by Gasteiger charge is -2.05. The van der Waals surface area contributed by atoms with Crippen molar-refractivity contribution in [3.8, 4) is 0 Å². The van der Waals surface area contributed by atoms with E-state index < -0.39 is 14.8 Å². The predicted octanol–water partition coefficient (Wildman–Crippen LogP) is 0.870. The molecule has 0 aromatic heterocycles. The summed E-state index contributed by atoms with van der Waals surface area (Å²) >= 11 is 0. The zero-order valence-electron chi connectivity index (χ0n) is 11.6. The fourth-order valence-electron chi connectivity index (χ4n) is 2.24. The van der Waals surface area contributed by atoms with Crippen LogP contribution >= 0.6 is 0 Å². The van der Waals surface area contributed by atoms with Gasteiger partial charge in [0, 0.05) is 24.1 Å². The van der Waals surface area contributed by atoms with Gasteiger partial charge in [-0.1, -0.05) is 12.1 Å². The average Bonchev–Trinajstić information content (AvgIpc) is 2.78. The summed E-state index contributed by atoms with van der Waals surface area (Å²) in [6, 6.07) is 5.83. The van der Waals surface area contributed by atoms with Crippen LogP contribution in [-0.2, 0) is 14.6 Å². The number of amides is 1. The van der Waals surface area contributed by atoms with Crippen LogP contribution in [0.1, 0.15) is 18.4 Å². The molecule has 1 atom stereocenters. The number of sulfone groups is 1. The summed E-state index contributed by atoms with van der Waals surface area (Å²) in [5.74, 6) is -0.376. The molecule has 1 aliphatic rings. The van der Waals surface area contributed by atoms with Crippen molar-refractivity contribution in [3.05, 3.63) is 39.9 Å². The van der Waals surface area contributed by atoms with E-state index in [2.05, 4.69) is 10.5 Å². The molecule has 0 bridgehead atoms. The number of nitrogens with zero attached hydrogens (tertiary/aromatic N) is 2. The molecule has 1 aromatic rings. The van der Waals surface area contributed by atoms with Crippen LogP contribution in [0.15, 0.2) is 29.4 Å². The Labute approximate surface area is 127 Å². The molecular formula is C13H15N3O5S. The number of nitrogens with one attached hydrogen (secondary N) is 1. The van der Waals surface area contributed by atoms with Crippen LogP contribution in [0, 0.1) is 16.0 Å². The van der Waals surface area contributed by atoms with Crippen molar-refractivity contribution in [2.24, 2.45) is 11.0 Å². The van der Waals surface area contributed by atoms with E-state index in [0.717, 1.165) is 0 Å². The summed E-state index contributed by atoms with van der Waals surface area (Å²) in [5, 5.41) is 14.3. The molecule has 0 spiro atoms. The number of hydrazone groups is 1. The van der Waals surface area contributed by atoms with Crippen molar-refractivity contribution in [2.75, 3.05) is 11.5 Å². The first-order valence-electron chi connectivity index (χ1n) is 6.62. The van der Waals surface area contributed by atoms with Gasteiger partial charge in [0.2, 0.25) is 5.91 Å². The Balaban J connectivity index is 1.86. The predicted molar refractivity (Wildman–Crippen MR) is 80.2 cm³/mol. The zero-order chi connectivity index (χ0) is 16.2. The monoisotopic (exact) mass is 325 g/mol. The number of carbonyl (C=O) groups excluding carboxylic acids is 1. The third-order valence-corrected chi connectivity index (χ3v) is 5.12. The first-order chi connectivity index (χ1) is 10.4. The van der Waals surface area contributed by atoms with Gasteiger partial charge in [0.25, 0.3) is 5.69 Å². The molecule has 1 saturated heterocycles. The molecule has 1 aromatic carbocycles. The first-order valence-corrected chi connectivity index (χ1v) is 8.45. The first kappa shape index (κ1) is 16.1. The van der Waals surface area contributed by atoms with E-state index in [1.807, 2.05) is 0 Å². The summed E-state index contributed by atoms with van der Waals surface area (Å²) in [6.45, 7) is 0. The van der Waals surface area contributed by atoms with Crippen molar-refractivity contribution in [2.45, 2.75) is 12.8 Å². The van der Waals surface area contributed by atoms with E-state index in [4.69, 9.17) is 0 Å². The minimum atomic E-state index is -3.00. The van der Waals surface area contributed by atoms with Gasteiger partial charge in [-0.3, -0.25) is 14.9 Å². The summed E-state index contributed by atoms with van der Waals surface area (Å²) in [7, 11) is -3.00. The van der Waals surface area contributed by atoms with Crippen LogP contribution in [0.5, 0.6) is 0 Å². The average molecular weight is 325 g/mol. The standard InChI is InChI=1S/C13H15N3O5S/c17-13(7-11-4-5-22(20,21)9-11)15-14-8-10-2-1-3-12(6-10)16(18)19/h1-3,6,8,11H,4-5,7,9H2,(H,15,17)/b14-8-/t11-/m0/s1. The SMILES string of the molecule is O=C(C[C@@H]1CCS(=O)(=O)C1)N/N=C\c1cccc([N+](=O)[O-])c1. The van der Waals surface area contributed by atoms with Gasteiger partial charge in [0.1, 0.15) is 0 Å². The van der Waals surface area contributed by atoms with E-state index in [1.165, 1.54) is 24.4 Å². The minimum Gasteiger partial charge on any atom is -0.273 e. The summed E-state index contributed by atoms with van der Waals surface area (Å²) in [5.41, 5.74) is 2.72. The maximum absolute atomic E-state index is 11.6. The van der Waals surface area contributed by atoms with Gasteiger partial charge in [-0.2, -0.15) is 5.10 Å². The molecule has 0 radical (unpaired) electrons. The Morgan fingerprint density at radius 3 is 2.91 bits per heavy atom. The Bertz CT molecular complexity index is 714. The van der Waals surface area contributed by atoms with Crippen LogP contribution < -0.4 is 5.43 Å². The molecule has 0 aliphatic carbocycles. The molecule has 22 heavy (non-hydrogen) atoms. The van der Waals surface area contributed by atoms with Crippen molar-refractivity contribution in [1.29, 1.82) is 0 Å². The zero-order valence-corrected chi connectivity index (χ0v) is 12.5. The molecule has 1 aliphatic heterocycles. The van der Waals surface area contributed by atoms with Crippen molar-refractivity contribution >= 4 is 27.6 Å². The molecule has 0 unspecified atom stereocenters. The molecule has 1 N–H and O–H groups in total. The quantitative estimate of drug-likeness (QED) is 0.489. The van der Waals surface area contributed by atoms with E-state index >= 15 is 0 Å². The molecule has 0 saturated carbocycles. The van der Waals surface area contributed by atoms with Gasteiger partial charge < -0.3 is 0 Å². The van der Waals surface area contributed by atoms with Crippen molar-refractivity contribution < 1.29 is 18.1 Å². The lowest BCUT2D eigenvalue weighted by molar-refractivity contribution is -0.384. The Morgan fingerprint density at radius 1 is 1.50 bits per heavy atom. The lowest BCUT2D eigenvalue weighted by Crippen LogP contribution is -2.21. The van der Waals surface area contributed by atoms with E-state index in [0.29, 0.717) is 12.0 Å². The maximum Gasteiger partial charge on any atom is 0.270 e. The Morgan fingerprint density at radius 2 is 2.27 bits per heavy atom. The number of hydrogen-bond donors (Lipinski definition) is 1. The van der Waals surface area contributed by atoms with Crippen LogP contribution in [0.4, 0.5) is 5.69 Å². The number of carbonyl (C=O) groups is 1. The van der Waals surface area contributed by atoms with Crippen LogP contribution in [0.3, 0.4) is 0 Å². The third-order valence-electron chi connectivity index (χ3n) is 3.28. The van der Waals surface area contributed by atoms with E-state index in [-0.39, 0.29) is 35.4 Å². The minimum absolute atomic E-state index is 0.0367. The van der Waals surface area contributed by atoms with Crippen LogP contribution in [0.2, 0.25) is 0 Å². The van der Waals surface area contributed by atoms with E-state index in [9.17, 15) is 23.3 Å². The molecule has 2 rings (SSSR count). The second-order valence-electron chi connectivity index (χ2n) is 5.12. The molecular weight excluding hydrogens is 310 g/mol. The number of benzene rings is 1. The number of hydrogen-bond acceptors (Lipinski definition) is 6.